The predicted octanol–water partition coefficient (Wildman–Crippen LogP) is 5.99. The third-order valence-electron chi connectivity index (χ3n) is 5.34. The molecule has 2 N–H and O–H groups in total. The molecule has 38 heavy (non-hydrogen) atoms. The van der Waals surface area contributed by atoms with E-state index < -0.39 is 0 Å². The molecule has 1 amide bonds. The number of fused-ring (bicyclic) bond motifs is 1. The van der Waals surface area contributed by atoms with E-state index in [1.165, 1.54) is 0 Å². The number of halogens is 1. The molecule has 0 spiro atoms. The fourth-order valence-electron chi connectivity index (χ4n) is 3.65. The number of H-pyrrole nitrogens is 1. The summed E-state index contributed by atoms with van der Waals surface area (Å²) < 4.78 is 6.24. The first-order chi connectivity index (χ1) is 18.2. The molecule has 0 aliphatic heterocycles. The van der Waals surface area contributed by atoms with Gasteiger partial charge >= 0.3 is 0 Å². The SMILES string of the molecule is CC(C)(C)NC(=O)CCSC(SCCc1nnn[nH]1)c1cccc(OCc2ccc3ccc(Cl)cc3n2)c1. The molecule has 1 atom stereocenters. The first-order valence-corrected chi connectivity index (χ1v) is 14.8. The number of tetrazole rings is 1. The number of ether oxygens (including phenoxy) is 1. The lowest BCUT2D eigenvalue weighted by molar-refractivity contribution is -0.122. The summed E-state index contributed by atoms with van der Waals surface area (Å²) in [6.07, 6.45) is 1.19. The Kier molecular flexibility index (Phi) is 9.87. The highest BCUT2D eigenvalue weighted by atomic mass is 35.5. The Balaban J connectivity index is 1.40. The summed E-state index contributed by atoms with van der Waals surface area (Å²) >= 11 is 9.68. The number of benzene rings is 2. The first-order valence-electron chi connectivity index (χ1n) is 12.3. The summed E-state index contributed by atoms with van der Waals surface area (Å²) in [7, 11) is 0. The number of aromatic amines is 1. The van der Waals surface area contributed by atoms with Crippen LogP contribution in [0.5, 0.6) is 5.75 Å². The predicted molar refractivity (Wildman–Crippen MR) is 156 cm³/mol. The normalized spacial score (nSPS) is 12.4. The molecule has 8 nitrogen and oxygen atoms in total. The summed E-state index contributed by atoms with van der Waals surface area (Å²) in [4.78, 5) is 17.0. The number of rotatable bonds is 12. The summed E-state index contributed by atoms with van der Waals surface area (Å²) in [5, 5.41) is 18.8. The lowest BCUT2D eigenvalue weighted by Gasteiger charge is -2.21. The highest BCUT2D eigenvalue weighted by Crippen LogP contribution is 2.41. The number of aryl methyl sites for hydroxylation is 1. The highest BCUT2D eigenvalue weighted by molar-refractivity contribution is 8.16. The van der Waals surface area contributed by atoms with Crippen molar-refractivity contribution in [1.82, 2.24) is 30.9 Å². The Morgan fingerprint density at radius 1 is 1.11 bits per heavy atom. The topological polar surface area (TPSA) is 106 Å². The van der Waals surface area contributed by atoms with Crippen LogP contribution in [0.4, 0.5) is 0 Å². The summed E-state index contributed by atoms with van der Waals surface area (Å²) in [6.45, 7) is 6.32. The Hall–Kier alpha value is -2.82. The fraction of sp³-hybridized carbons (Fsp3) is 0.370. The summed E-state index contributed by atoms with van der Waals surface area (Å²) in [5.74, 6) is 3.12. The van der Waals surface area contributed by atoms with E-state index in [-0.39, 0.29) is 16.0 Å². The fourth-order valence-corrected chi connectivity index (χ4v) is 6.50. The minimum atomic E-state index is -0.237. The third kappa shape index (κ3) is 8.89. The first kappa shape index (κ1) is 28.2. The van der Waals surface area contributed by atoms with Gasteiger partial charge in [0.15, 0.2) is 0 Å². The van der Waals surface area contributed by atoms with E-state index in [2.05, 4.69) is 43.1 Å². The van der Waals surface area contributed by atoms with E-state index >= 15 is 0 Å². The Morgan fingerprint density at radius 2 is 1.92 bits per heavy atom. The van der Waals surface area contributed by atoms with Crippen LogP contribution in [0.1, 0.15) is 48.9 Å². The molecule has 1 unspecified atom stereocenters. The van der Waals surface area contributed by atoms with E-state index in [9.17, 15) is 4.79 Å². The lowest BCUT2D eigenvalue weighted by atomic mass is 10.1. The van der Waals surface area contributed by atoms with Crippen molar-refractivity contribution in [3.8, 4) is 5.75 Å². The lowest BCUT2D eigenvalue weighted by Crippen LogP contribution is -2.40. The maximum absolute atomic E-state index is 12.3. The molecule has 2 aromatic heterocycles. The van der Waals surface area contributed by atoms with Crippen LogP contribution in [0.2, 0.25) is 5.02 Å². The standard InChI is InChI=1S/C27H31ClN6O2S2/c1-27(2,3)30-25(35)12-14-38-26(37-13-11-24-31-33-34-32-24)19-5-4-6-22(15-19)36-17-21-10-8-18-7-9-20(28)16-23(18)29-21/h4-10,15-16,26H,11-14,17H2,1-3H3,(H,30,35)(H,31,32,33,34). The number of nitrogens with one attached hydrogen (secondary N) is 2. The maximum Gasteiger partial charge on any atom is 0.221 e. The number of thioether (sulfide) groups is 2. The van der Waals surface area contributed by atoms with Crippen molar-refractivity contribution in [3.63, 3.8) is 0 Å². The molecule has 0 fully saturated rings. The number of hydrogen-bond acceptors (Lipinski definition) is 8. The molecule has 0 radical (unpaired) electrons. The minimum absolute atomic E-state index is 0.0581. The van der Waals surface area contributed by atoms with Crippen molar-refractivity contribution in [3.05, 3.63) is 76.7 Å². The number of nitrogens with zero attached hydrogens (tertiary/aromatic N) is 4. The second kappa shape index (κ2) is 13.3. The molecule has 0 aliphatic rings. The van der Waals surface area contributed by atoms with Crippen LogP contribution >= 0.6 is 35.1 Å². The zero-order valence-electron chi connectivity index (χ0n) is 21.6. The van der Waals surface area contributed by atoms with Crippen molar-refractivity contribution in [2.45, 2.75) is 50.3 Å². The summed E-state index contributed by atoms with van der Waals surface area (Å²) in [5.41, 5.74) is 2.56. The molecule has 4 aromatic rings. The number of aromatic nitrogens is 5. The van der Waals surface area contributed by atoms with Gasteiger partial charge in [-0.25, -0.2) is 10.1 Å². The molecule has 0 aliphatic carbocycles. The number of carbonyl (C=O) groups is 1. The summed E-state index contributed by atoms with van der Waals surface area (Å²) in [6, 6.07) is 17.8. The minimum Gasteiger partial charge on any atom is -0.487 e. The smallest absolute Gasteiger partial charge is 0.221 e. The Bertz CT molecular complexity index is 1350. The number of amides is 1. The van der Waals surface area contributed by atoms with Gasteiger partial charge < -0.3 is 10.1 Å². The Morgan fingerprint density at radius 3 is 2.71 bits per heavy atom. The molecule has 0 saturated heterocycles. The van der Waals surface area contributed by atoms with Crippen molar-refractivity contribution < 1.29 is 9.53 Å². The second-order valence-electron chi connectivity index (χ2n) is 9.72. The van der Waals surface area contributed by atoms with Crippen molar-refractivity contribution in [2.75, 3.05) is 11.5 Å². The maximum atomic E-state index is 12.3. The van der Waals surface area contributed by atoms with E-state index in [1.807, 2.05) is 63.2 Å². The van der Waals surface area contributed by atoms with E-state index in [4.69, 9.17) is 16.3 Å². The van der Waals surface area contributed by atoms with Crippen LogP contribution in [0, 0.1) is 0 Å². The van der Waals surface area contributed by atoms with Gasteiger partial charge in [-0.2, -0.15) is 0 Å². The third-order valence-corrected chi connectivity index (χ3v) is 8.42. The van der Waals surface area contributed by atoms with Crippen molar-refractivity contribution >= 4 is 51.9 Å². The quantitative estimate of drug-likeness (QED) is 0.200. The van der Waals surface area contributed by atoms with E-state index in [0.717, 1.165) is 45.9 Å². The molecule has 0 bridgehead atoms. The second-order valence-corrected chi connectivity index (χ2v) is 12.9. The Labute approximate surface area is 236 Å². The zero-order chi connectivity index (χ0) is 27.0. The van der Waals surface area contributed by atoms with Crippen molar-refractivity contribution in [1.29, 1.82) is 0 Å². The van der Waals surface area contributed by atoms with Crippen LogP contribution in [-0.2, 0) is 17.8 Å². The van der Waals surface area contributed by atoms with Gasteiger partial charge in [-0.3, -0.25) is 4.79 Å². The van der Waals surface area contributed by atoms with Crippen molar-refractivity contribution in [2.24, 2.45) is 0 Å². The molecular formula is C27H31ClN6O2S2. The van der Waals surface area contributed by atoms with Crippen LogP contribution in [-0.4, -0.2) is 48.6 Å². The highest BCUT2D eigenvalue weighted by Gasteiger charge is 2.17. The van der Waals surface area contributed by atoms with Gasteiger partial charge in [0, 0.05) is 40.3 Å². The zero-order valence-corrected chi connectivity index (χ0v) is 24.0. The number of carbonyl (C=O) groups excluding carboxylic acids is 1. The van der Waals surface area contributed by atoms with E-state index in [1.54, 1.807) is 23.5 Å². The molecule has 4 rings (SSSR count). The van der Waals surface area contributed by atoms with Gasteiger partial charge in [-0.1, -0.05) is 35.9 Å². The molecule has 11 heteroatoms. The molecule has 200 valence electrons. The number of pyridine rings is 1. The molecule has 0 saturated carbocycles. The molecular weight excluding hydrogens is 540 g/mol. The van der Waals surface area contributed by atoms with Crippen LogP contribution in [0.25, 0.3) is 10.9 Å². The van der Waals surface area contributed by atoms with Gasteiger partial charge in [0.2, 0.25) is 5.91 Å². The van der Waals surface area contributed by atoms with Gasteiger partial charge in [0.05, 0.1) is 15.8 Å². The van der Waals surface area contributed by atoms with Gasteiger partial charge in [0.1, 0.15) is 18.2 Å². The van der Waals surface area contributed by atoms with Gasteiger partial charge in [-0.05, 0) is 67.1 Å². The van der Waals surface area contributed by atoms with Crippen LogP contribution in [0.15, 0.2) is 54.6 Å². The monoisotopic (exact) mass is 570 g/mol. The largest absolute Gasteiger partial charge is 0.487 e. The number of hydrogen-bond donors (Lipinski definition) is 2. The molecule has 2 aromatic carbocycles. The van der Waals surface area contributed by atoms with Crippen LogP contribution < -0.4 is 10.1 Å². The average Bonchev–Trinajstić information content (AvgIpc) is 3.39. The molecule has 2 heterocycles. The average molecular weight is 571 g/mol. The van der Waals surface area contributed by atoms with Gasteiger partial charge in [-0.15, -0.1) is 28.6 Å². The van der Waals surface area contributed by atoms with E-state index in [0.29, 0.717) is 23.8 Å². The van der Waals surface area contributed by atoms with Crippen LogP contribution in [0.3, 0.4) is 0 Å². The van der Waals surface area contributed by atoms with Gasteiger partial charge in [0.25, 0.3) is 0 Å².